The lowest BCUT2D eigenvalue weighted by Gasteiger charge is -2.23. The van der Waals surface area contributed by atoms with Crippen LogP contribution in [0.25, 0.3) is 10.9 Å². The number of rotatable bonds is 4. The summed E-state index contributed by atoms with van der Waals surface area (Å²) >= 11 is 0. The van der Waals surface area contributed by atoms with Crippen LogP contribution in [0.4, 0.5) is 4.39 Å². The van der Waals surface area contributed by atoms with Gasteiger partial charge < -0.3 is 19.8 Å². The van der Waals surface area contributed by atoms with Crippen LogP contribution < -0.4 is 14.8 Å². The fraction of sp³-hybridized carbons (Fsp3) is 0.250. The number of halogens is 1. The van der Waals surface area contributed by atoms with Gasteiger partial charge in [0.05, 0.1) is 5.41 Å². The van der Waals surface area contributed by atoms with Gasteiger partial charge in [0.25, 0.3) is 0 Å². The molecule has 2 N–H and O–H groups in total. The molecule has 2 heterocycles. The third-order valence-corrected chi connectivity index (χ3v) is 4.77. The number of ether oxygens (including phenoxy) is 2. The zero-order chi connectivity index (χ0) is 18.3. The molecule has 3 aromatic rings. The Kier molecular flexibility index (Phi) is 3.83. The Morgan fingerprint density at radius 2 is 2.00 bits per heavy atom. The molecule has 0 aliphatic carbocycles. The molecule has 5 nitrogen and oxygen atoms in total. The maximum atomic E-state index is 13.6. The van der Waals surface area contributed by atoms with E-state index in [-0.39, 0.29) is 18.5 Å². The molecule has 0 spiro atoms. The summed E-state index contributed by atoms with van der Waals surface area (Å²) in [6.45, 7) is 4.25. The average Bonchev–Trinajstić information content (AvgIpc) is 3.25. The van der Waals surface area contributed by atoms with E-state index in [1.807, 2.05) is 32.0 Å². The van der Waals surface area contributed by atoms with E-state index < -0.39 is 5.41 Å². The molecule has 0 unspecified atom stereocenters. The van der Waals surface area contributed by atoms with Gasteiger partial charge in [0.15, 0.2) is 11.5 Å². The van der Waals surface area contributed by atoms with Crippen molar-refractivity contribution in [2.24, 2.45) is 0 Å². The van der Waals surface area contributed by atoms with E-state index in [9.17, 15) is 9.18 Å². The van der Waals surface area contributed by atoms with Gasteiger partial charge in [-0.25, -0.2) is 4.39 Å². The first-order chi connectivity index (χ1) is 12.4. The number of carbonyl (C=O) groups excluding carboxylic acids is 1. The standard InChI is InChI=1S/C20H19FN2O3/c1-20(2,15-10-22-16-5-4-13(21)8-14(15)16)19(24)23-9-12-3-6-17-18(7-12)26-11-25-17/h3-8,10,22H,9,11H2,1-2H3,(H,23,24). The molecule has 4 rings (SSSR count). The van der Waals surface area contributed by atoms with Crippen molar-refractivity contribution in [3.63, 3.8) is 0 Å². The minimum Gasteiger partial charge on any atom is -0.454 e. The van der Waals surface area contributed by atoms with Crippen molar-refractivity contribution in [3.8, 4) is 11.5 Å². The number of hydrogen-bond donors (Lipinski definition) is 2. The predicted molar refractivity (Wildman–Crippen MR) is 95.7 cm³/mol. The predicted octanol–water partition coefficient (Wildman–Crippen LogP) is 3.63. The third-order valence-electron chi connectivity index (χ3n) is 4.77. The van der Waals surface area contributed by atoms with Gasteiger partial charge in [0.1, 0.15) is 5.82 Å². The van der Waals surface area contributed by atoms with Crippen LogP contribution >= 0.6 is 0 Å². The van der Waals surface area contributed by atoms with E-state index in [0.29, 0.717) is 23.4 Å². The zero-order valence-electron chi connectivity index (χ0n) is 14.6. The molecule has 0 bridgehead atoms. The molecular weight excluding hydrogens is 335 g/mol. The fourth-order valence-corrected chi connectivity index (χ4v) is 3.19. The number of aromatic amines is 1. The number of aromatic nitrogens is 1. The summed E-state index contributed by atoms with van der Waals surface area (Å²) in [5.41, 5.74) is 1.67. The summed E-state index contributed by atoms with van der Waals surface area (Å²) < 4.78 is 24.3. The Hall–Kier alpha value is -3.02. The van der Waals surface area contributed by atoms with Crippen LogP contribution in [0, 0.1) is 5.82 Å². The number of hydrogen-bond acceptors (Lipinski definition) is 3. The van der Waals surface area contributed by atoms with Gasteiger partial charge in [0, 0.05) is 23.6 Å². The zero-order valence-corrected chi connectivity index (χ0v) is 14.6. The summed E-state index contributed by atoms with van der Waals surface area (Å²) in [5, 5.41) is 3.67. The number of benzene rings is 2. The first kappa shape index (κ1) is 16.4. The summed E-state index contributed by atoms with van der Waals surface area (Å²) in [6, 6.07) is 10.1. The second-order valence-corrected chi connectivity index (χ2v) is 6.89. The summed E-state index contributed by atoms with van der Waals surface area (Å²) in [7, 11) is 0. The van der Waals surface area contributed by atoms with E-state index in [1.54, 1.807) is 12.3 Å². The minimum absolute atomic E-state index is 0.139. The van der Waals surface area contributed by atoms with E-state index in [2.05, 4.69) is 10.3 Å². The van der Waals surface area contributed by atoms with Gasteiger partial charge in [-0.1, -0.05) is 6.07 Å². The Labute approximate surface area is 150 Å². The summed E-state index contributed by atoms with van der Waals surface area (Å²) in [4.78, 5) is 15.9. The van der Waals surface area contributed by atoms with Gasteiger partial charge in [-0.05, 0) is 55.3 Å². The van der Waals surface area contributed by atoms with E-state index in [1.165, 1.54) is 12.1 Å². The smallest absolute Gasteiger partial charge is 0.231 e. The van der Waals surface area contributed by atoms with Crippen molar-refractivity contribution < 1.29 is 18.7 Å². The molecule has 6 heteroatoms. The number of H-pyrrole nitrogens is 1. The van der Waals surface area contributed by atoms with Crippen molar-refractivity contribution in [1.82, 2.24) is 10.3 Å². The van der Waals surface area contributed by atoms with Gasteiger partial charge in [-0.3, -0.25) is 4.79 Å². The van der Waals surface area contributed by atoms with Gasteiger partial charge in [0.2, 0.25) is 12.7 Å². The molecule has 1 aliphatic rings. The lowest BCUT2D eigenvalue weighted by atomic mass is 9.83. The molecule has 1 aromatic heterocycles. The van der Waals surface area contributed by atoms with E-state index >= 15 is 0 Å². The number of carbonyl (C=O) groups is 1. The van der Waals surface area contributed by atoms with Crippen molar-refractivity contribution >= 4 is 16.8 Å². The van der Waals surface area contributed by atoms with Crippen LogP contribution in [-0.4, -0.2) is 17.7 Å². The molecule has 0 saturated carbocycles. The highest BCUT2D eigenvalue weighted by Gasteiger charge is 2.32. The number of nitrogens with one attached hydrogen (secondary N) is 2. The molecule has 0 saturated heterocycles. The Morgan fingerprint density at radius 1 is 1.19 bits per heavy atom. The Balaban J connectivity index is 1.53. The molecule has 1 amide bonds. The first-order valence-corrected chi connectivity index (χ1v) is 8.39. The Bertz CT molecular complexity index is 994. The van der Waals surface area contributed by atoms with Crippen LogP contribution in [0.2, 0.25) is 0 Å². The van der Waals surface area contributed by atoms with Crippen molar-refractivity contribution in [1.29, 1.82) is 0 Å². The first-order valence-electron chi connectivity index (χ1n) is 8.39. The van der Waals surface area contributed by atoms with Gasteiger partial charge in [-0.15, -0.1) is 0 Å². The lowest BCUT2D eigenvalue weighted by Crippen LogP contribution is -2.39. The molecule has 2 aromatic carbocycles. The van der Waals surface area contributed by atoms with Crippen molar-refractivity contribution in [2.75, 3.05) is 6.79 Å². The average molecular weight is 354 g/mol. The highest BCUT2D eigenvalue weighted by atomic mass is 19.1. The minimum atomic E-state index is -0.817. The van der Waals surface area contributed by atoms with Crippen LogP contribution in [0.15, 0.2) is 42.6 Å². The number of fused-ring (bicyclic) bond motifs is 2. The molecule has 0 radical (unpaired) electrons. The van der Waals surface area contributed by atoms with E-state index in [4.69, 9.17) is 9.47 Å². The van der Waals surface area contributed by atoms with Crippen LogP contribution in [0.1, 0.15) is 25.0 Å². The maximum Gasteiger partial charge on any atom is 0.231 e. The number of amides is 1. The van der Waals surface area contributed by atoms with Crippen LogP contribution in [-0.2, 0) is 16.8 Å². The third kappa shape index (κ3) is 2.77. The molecular formula is C20H19FN2O3. The van der Waals surface area contributed by atoms with Crippen LogP contribution in [0.3, 0.4) is 0 Å². The fourth-order valence-electron chi connectivity index (χ4n) is 3.19. The quantitative estimate of drug-likeness (QED) is 0.752. The molecule has 134 valence electrons. The highest BCUT2D eigenvalue weighted by Crippen LogP contribution is 2.33. The SMILES string of the molecule is CC(C)(C(=O)NCc1ccc2c(c1)OCO2)c1c[nH]c2ccc(F)cc12. The maximum absolute atomic E-state index is 13.6. The summed E-state index contributed by atoms with van der Waals surface area (Å²) in [5.74, 6) is 0.930. The molecule has 0 fully saturated rings. The van der Waals surface area contributed by atoms with Crippen LogP contribution in [0.5, 0.6) is 11.5 Å². The normalized spacial score (nSPS) is 13.2. The molecule has 0 atom stereocenters. The molecule has 1 aliphatic heterocycles. The summed E-state index contributed by atoms with van der Waals surface area (Å²) in [6.07, 6.45) is 1.77. The van der Waals surface area contributed by atoms with Crippen molar-refractivity contribution in [2.45, 2.75) is 25.8 Å². The largest absolute Gasteiger partial charge is 0.454 e. The topological polar surface area (TPSA) is 63.4 Å². The second-order valence-electron chi connectivity index (χ2n) is 6.89. The van der Waals surface area contributed by atoms with Gasteiger partial charge in [-0.2, -0.15) is 0 Å². The van der Waals surface area contributed by atoms with Crippen molar-refractivity contribution in [3.05, 3.63) is 59.5 Å². The highest BCUT2D eigenvalue weighted by molar-refractivity contribution is 5.94. The lowest BCUT2D eigenvalue weighted by molar-refractivity contribution is -0.125. The van der Waals surface area contributed by atoms with Gasteiger partial charge >= 0.3 is 0 Å². The molecule has 26 heavy (non-hydrogen) atoms. The Morgan fingerprint density at radius 3 is 2.85 bits per heavy atom. The second kappa shape index (κ2) is 6.05. The monoisotopic (exact) mass is 354 g/mol. The van der Waals surface area contributed by atoms with E-state index in [0.717, 1.165) is 16.6 Å².